The van der Waals surface area contributed by atoms with Crippen molar-refractivity contribution in [2.75, 3.05) is 39.9 Å². The van der Waals surface area contributed by atoms with Crippen molar-refractivity contribution in [3.05, 3.63) is 97.1 Å². The molecular formula is C39H40N4O4S2. The zero-order valence-electron chi connectivity index (χ0n) is 28.1. The molecule has 2 N–H and O–H groups in total. The Kier molecular flexibility index (Phi) is 11.5. The van der Waals surface area contributed by atoms with Crippen LogP contribution in [0.2, 0.25) is 0 Å². The van der Waals surface area contributed by atoms with E-state index in [-0.39, 0.29) is 0 Å². The van der Waals surface area contributed by atoms with Crippen molar-refractivity contribution in [1.82, 2.24) is 19.9 Å². The number of nitrogens with zero attached hydrogens (tertiary/aromatic N) is 2. The predicted octanol–water partition coefficient (Wildman–Crippen LogP) is 9.89. The van der Waals surface area contributed by atoms with E-state index in [0.29, 0.717) is 0 Å². The number of methoxy groups -OCH3 is 4. The van der Waals surface area contributed by atoms with Gasteiger partial charge in [0.25, 0.3) is 0 Å². The number of H-pyrrole nitrogens is 2. The summed E-state index contributed by atoms with van der Waals surface area (Å²) in [7, 11) is 6.71. The number of unbranched alkanes of at least 4 members (excludes halogenated alkanes) is 2. The molecule has 0 aliphatic carbocycles. The lowest BCUT2D eigenvalue weighted by molar-refractivity contribution is 0.414. The first-order valence-corrected chi connectivity index (χ1v) is 18.1. The van der Waals surface area contributed by atoms with Crippen LogP contribution in [0.15, 0.2) is 107 Å². The van der Waals surface area contributed by atoms with Crippen molar-refractivity contribution in [1.29, 1.82) is 0 Å². The smallest absolute Gasteiger partial charge is 0.166 e. The van der Waals surface area contributed by atoms with Gasteiger partial charge in [0.1, 0.15) is 23.0 Å². The summed E-state index contributed by atoms with van der Waals surface area (Å²) in [6.07, 6.45) is 3.30. The normalized spacial score (nSPS) is 11.0. The van der Waals surface area contributed by atoms with E-state index in [1.807, 2.05) is 72.8 Å². The minimum absolute atomic E-state index is 0.820. The average Bonchev–Trinajstić information content (AvgIpc) is 3.79. The van der Waals surface area contributed by atoms with Gasteiger partial charge in [-0.05, 0) is 110 Å². The molecule has 0 amide bonds. The zero-order valence-corrected chi connectivity index (χ0v) is 29.8. The summed E-state index contributed by atoms with van der Waals surface area (Å²) < 4.78 is 21.5. The molecule has 0 aliphatic heterocycles. The summed E-state index contributed by atoms with van der Waals surface area (Å²) in [5, 5.41) is 1.83. The van der Waals surface area contributed by atoms with Gasteiger partial charge in [0.05, 0.1) is 51.2 Å². The molecule has 0 aliphatic rings. The lowest BCUT2D eigenvalue weighted by atomic mass is 10.0. The molecule has 6 aromatic rings. The Hall–Kier alpha value is -4.80. The van der Waals surface area contributed by atoms with E-state index in [0.717, 1.165) is 109 Å². The standard InChI is InChI=1S/C39H40N4O4S2/c1-44-30-16-8-26(9-17-30)34-35(27-10-18-31(45-2)19-11-27)41-38(40-34)48-24-6-5-7-25-49-39-42-36(28-12-20-32(46-3)21-13-28)37(43-39)29-14-22-33(47-4)23-15-29/h8-23H,5-7,24-25H2,1-4H3,(H,40,41)(H,42,43). The third-order valence-corrected chi connectivity index (χ3v) is 10.0. The molecule has 0 fully saturated rings. The highest BCUT2D eigenvalue weighted by molar-refractivity contribution is 7.99. The Morgan fingerprint density at radius 1 is 0.429 bits per heavy atom. The SMILES string of the molecule is COc1ccc(-c2nc(SCCCCCSc3nc(-c4ccc(OC)cc4)c(-c4ccc(OC)cc4)[nH]3)[nH]c2-c2ccc(OC)cc2)cc1. The van der Waals surface area contributed by atoms with Crippen LogP contribution in [0.5, 0.6) is 23.0 Å². The number of benzene rings is 4. The fraction of sp³-hybridized carbons (Fsp3) is 0.231. The van der Waals surface area contributed by atoms with Gasteiger partial charge in [-0.3, -0.25) is 0 Å². The highest BCUT2D eigenvalue weighted by Crippen LogP contribution is 2.36. The first-order valence-electron chi connectivity index (χ1n) is 16.1. The van der Waals surface area contributed by atoms with E-state index in [2.05, 4.69) is 34.2 Å². The molecule has 0 atom stereocenters. The molecule has 49 heavy (non-hydrogen) atoms. The average molecular weight is 693 g/mol. The Balaban J connectivity index is 1.06. The van der Waals surface area contributed by atoms with Crippen molar-refractivity contribution in [3.8, 4) is 68.0 Å². The maximum Gasteiger partial charge on any atom is 0.166 e. The van der Waals surface area contributed by atoms with Crippen LogP contribution in [0, 0.1) is 0 Å². The largest absolute Gasteiger partial charge is 0.497 e. The number of ether oxygens (including phenoxy) is 4. The van der Waals surface area contributed by atoms with Crippen LogP contribution in [0.4, 0.5) is 0 Å². The molecule has 8 nitrogen and oxygen atoms in total. The highest BCUT2D eigenvalue weighted by atomic mass is 32.2. The zero-order chi connectivity index (χ0) is 34.0. The number of aromatic amines is 2. The van der Waals surface area contributed by atoms with E-state index >= 15 is 0 Å². The van der Waals surface area contributed by atoms with Crippen LogP contribution in [0.3, 0.4) is 0 Å². The Labute approximate surface area is 296 Å². The fourth-order valence-electron chi connectivity index (χ4n) is 5.41. The Morgan fingerprint density at radius 3 is 1.04 bits per heavy atom. The van der Waals surface area contributed by atoms with Crippen molar-refractivity contribution in [3.63, 3.8) is 0 Å². The molecule has 252 valence electrons. The van der Waals surface area contributed by atoms with Crippen LogP contribution in [0.25, 0.3) is 45.0 Å². The first-order chi connectivity index (χ1) is 24.1. The topological polar surface area (TPSA) is 94.3 Å². The third kappa shape index (κ3) is 8.44. The third-order valence-electron chi connectivity index (χ3n) is 8.11. The second-order valence-electron chi connectivity index (χ2n) is 11.2. The summed E-state index contributed by atoms with van der Waals surface area (Å²) in [6, 6.07) is 32.2. The van der Waals surface area contributed by atoms with Crippen molar-refractivity contribution in [2.45, 2.75) is 29.6 Å². The van der Waals surface area contributed by atoms with Gasteiger partial charge in [-0.2, -0.15) is 0 Å². The quantitative estimate of drug-likeness (QED) is 0.0765. The van der Waals surface area contributed by atoms with Gasteiger partial charge in [-0.25, -0.2) is 9.97 Å². The number of hydrogen-bond acceptors (Lipinski definition) is 8. The lowest BCUT2D eigenvalue weighted by Crippen LogP contribution is -1.87. The second-order valence-corrected chi connectivity index (χ2v) is 13.4. The summed E-state index contributed by atoms with van der Waals surface area (Å²) in [5.74, 6) is 5.24. The molecule has 4 aromatic carbocycles. The minimum atomic E-state index is 0.820. The number of aromatic nitrogens is 4. The molecule has 0 saturated heterocycles. The van der Waals surface area contributed by atoms with Crippen LogP contribution in [-0.4, -0.2) is 59.9 Å². The second kappa shape index (κ2) is 16.5. The van der Waals surface area contributed by atoms with Crippen LogP contribution in [-0.2, 0) is 0 Å². The van der Waals surface area contributed by atoms with E-state index < -0.39 is 0 Å². The van der Waals surface area contributed by atoms with Crippen LogP contribution in [0.1, 0.15) is 19.3 Å². The number of rotatable bonds is 16. The highest BCUT2D eigenvalue weighted by Gasteiger charge is 2.17. The maximum atomic E-state index is 5.37. The summed E-state index contributed by atoms with van der Waals surface area (Å²) >= 11 is 3.52. The van der Waals surface area contributed by atoms with E-state index in [4.69, 9.17) is 28.9 Å². The minimum Gasteiger partial charge on any atom is -0.497 e. The summed E-state index contributed by atoms with van der Waals surface area (Å²) in [6.45, 7) is 0. The predicted molar refractivity (Wildman–Crippen MR) is 200 cm³/mol. The van der Waals surface area contributed by atoms with E-state index in [1.165, 1.54) is 0 Å². The van der Waals surface area contributed by atoms with E-state index in [9.17, 15) is 0 Å². The Morgan fingerprint density at radius 2 is 0.735 bits per heavy atom. The van der Waals surface area contributed by atoms with Crippen molar-refractivity contribution in [2.24, 2.45) is 0 Å². The van der Waals surface area contributed by atoms with Gasteiger partial charge in [-0.15, -0.1) is 0 Å². The van der Waals surface area contributed by atoms with E-state index in [1.54, 1.807) is 52.0 Å². The molecule has 2 aromatic heterocycles. The number of imidazole rings is 2. The van der Waals surface area contributed by atoms with Crippen LogP contribution >= 0.6 is 23.5 Å². The van der Waals surface area contributed by atoms with Gasteiger partial charge in [0.15, 0.2) is 10.3 Å². The summed E-state index contributed by atoms with van der Waals surface area (Å²) in [5.41, 5.74) is 8.03. The number of nitrogens with one attached hydrogen (secondary N) is 2. The molecular weight excluding hydrogens is 653 g/mol. The fourth-order valence-corrected chi connectivity index (χ4v) is 7.15. The molecule has 0 bridgehead atoms. The van der Waals surface area contributed by atoms with Gasteiger partial charge in [0, 0.05) is 33.8 Å². The maximum absolute atomic E-state index is 5.37. The van der Waals surface area contributed by atoms with Gasteiger partial charge in [-0.1, -0.05) is 29.9 Å². The molecule has 0 spiro atoms. The van der Waals surface area contributed by atoms with Crippen LogP contribution < -0.4 is 18.9 Å². The van der Waals surface area contributed by atoms with Crippen molar-refractivity contribution >= 4 is 23.5 Å². The lowest BCUT2D eigenvalue weighted by Gasteiger charge is -2.06. The molecule has 0 radical (unpaired) electrons. The first kappa shape index (κ1) is 34.1. The molecule has 10 heteroatoms. The van der Waals surface area contributed by atoms with Crippen molar-refractivity contribution < 1.29 is 18.9 Å². The Bertz CT molecular complexity index is 1650. The number of thioether (sulfide) groups is 2. The summed E-state index contributed by atoms with van der Waals surface area (Å²) in [4.78, 5) is 17.2. The van der Waals surface area contributed by atoms with Gasteiger partial charge >= 0.3 is 0 Å². The molecule has 6 rings (SSSR count). The number of hydrogen-bond donors (Lipinski definition) is 2. The molecule has 0 unspecified atom stereocenters. The van der Waals surface area contributed by atoms with Gasteiger partial charge in [0.2, 0.25) is 0 Å². The van der Waals surface area contributed by atoms with Gasteiger partial charge < -0.3 is 28.9 Å². The molecule has 0 saturated carbocycles. The molecule has 2 heterocycles. The monoisotopic (exact) mass is 692 g/mol.